The zero-order chi connectivity index (χ0) is 15.1. The van der Waals surface area contributed by atoms with E-state index in [0.29, 0.717) is 25.9 Å². The normalized spacial score (nSPS) is 20.1. The number of ether oxygens (including phenoxy) is 1. The Hall–Kier alpha value is -1.83. The third-order valence-electron chi connectivity index (χ3n) is 3.22. The zero-order valence-corrected chi connectivity index (χ0v) is 11.4. The van der Waals surface area contributed by atoms with Gasteiger partial charge in [0.15, 0.2) is 6.10 Å². The molecule has 0 aromatic carbocycles. The molecule has 8 heteroatoms. The Bertz CT molecular complexity index is 373. The number of hydrogen-bond acceptors (Lipinski definition) is 5. The number of aliphatic hydroxyl groups is 1. The topological polar surface area (TPSA) is 116 Å². The molecule has 1 aliphatic heterocycles. The number of aliphatic hydroxyl groups excluding tert-OH is 1. The van der Waals surface area contributed by atoms with E-state index in [4.69, 9.17) is 10.2 Å². The number of carbonyl (C=O) groups excluding carboxylic acids is 2. The first-order valence-corrected chi connectivity index (χ1v) is 6.47. The highest BCUT2D eigenvalue weighted by Gasteiger charge is 2.28. The van der Waals surface area contributed by atoms with Gasteiger partial charge in [-0.2, -0.15) is 0 Å². The number of carboxylic acids is 1. The lowest BCUT2D eigenvalue weighted by Crippen LogP contribution is -2.47. The highest BCUT2D eigenvalue weighted by atomic mass is 16.5. The lowest BCUT2D eigenvalue weighted by Gasteiger charge is -2.31. The zero-order valence-electron chi connectivity index (χ0n) is 11.4. The Kier molecular flexibility index (Phi) is 6.23. The summed E-state index contributed by atoms with van der Waals surface area (Å²) in [5.74, 6) is -1.96. The summed E-state index contributed by atoms with van der Waals surface area (Å²) in [7, 11) is 1.31. The van der Waals surface area contributed by atoms with Crippen LogP contribution in [0.15, 0.2) is 0 Å². The number of carbonyl (C=O) groups is 3. The predicted molar refractivity (Wildman–Crippen MR) is 68.0 cm³/mol. The van der Waals surface area contributed by atoms with Crippen molar-refractivity contribution in [3.05, 3.63) is 0 Å². The van der Waals surface area contributed by atoms with E-state index in [9.17, 15) is 14.4 Å². The van der Waals surface area contributed by atoms with Gasteiger partial charge in [-0.3, -0.25) is 4.79 Å². The summed E-state index contributed by atoms with van der Waals surface area (Å²) >= 11 is 0. The fraction of sp³-hybridized carbons (Fsp3) is 0.750. The van der Waals surface area contributed by atoms with Crippen molar-refractivity contribution in [2.75, 3.05) is 26.7 Å². The molecule has 0 radical (unpaired) electrons. The van der Waals surface area contributed by atoms with E-state index in [1.54, 1.807) is 0 Å². The predicted octanol–water partition coefficient (Wildman–Crippen LogP) is -0.583. The van der Waals surface area contributed by atoms with Gasteiger partial charge in [-0.05, 0) is 12.8 Å². The first-order chi connectivity index (χ1) is 9.45. The Labute approximate surface area is 116 Å². The SMILES string of the molecule is COC(=O)C1CCCN(C(=O)NCC[C@H](O)C(=O)O)C1. The molecule has 1 saturated heterocycles. The Morgan fingerprint density at radius 2 is 2.15 bits per heavy atom. The molecule has 0 aromatic heterocycles. The van der Waals surface area contributed by atoms with Gasteiger partial charge in [0, 0.05) is 26.1 Å². The van der Waals surface area contributed by atoms with Crippen LogP contribution in [0.1, 0.15) is 19.3 Å². The van der Waals surface area contributed by atoms with E-state index >= 15 is 0 Å². The number of nitrogens with one attached hydrogen (secondary N) is 1. The average Bonchev–Trinajstić information content (AvgIpc) is 2.46. The van der Waals surface area contributed by atoms with Gasteiger partial charge in [-0.15, -0.1) is 0 Å². The second kappa shape index (κ2) is 7.68. The van der Waals surface area contributed by atoms with Gasteiger partial charge in [-0.1, -0.05) is 0 Å². The van der Waals surface area contributed by atoms with E-state index in [2.05, 4.69) is 10.1 Å². The van der Waals surface area contributed by atoms with Crippen LogP contribution in [0.3, 0.4) is 0 Å². The van der Waals surface area contributed by atoms with Gasteiger partial charge in [0.1, 0.15) is 0 Å². The molecule has 114 valence electrons. The van der Waals surface area contributed by atoms with Crippen molar-refractivity contribution in [3.63, 3.8) is 0 Å². The number of carboxylic acid groups (broad SMARTS) is 1. The second-order valence-corrected chi connectivity index (χ2v) is 4.68. The number of rotatable bonds is 5. The number of amides is 2. The summed E-state index contributed by atoms with van der Waals surface area (Å²) in [6, 6.07) is -0.365. The van der Waals surface area contributed by atoms with Crippen LogP contribution in [0.4, 0.5) is 4.79 Å². The molecule has 0 aliphatic carbocycles. The molecule has 8 nitrogen and oxygen atoms in total. The molecule has 0 saturated carbocycles. The van der Waals surface area contributed by atoms with Crippen LogP contribution in [0.2, 0.25) is 0 Å². The van der Waals surface area contributed by atoms with E-state index < -0.39 is 12.1 Å². The fourth-order valence-electron chi connectivity index (χ4n) is 2.07. The molecular weight excluding hydrogens is 268 g/mol. The molecule has 1 aliphatic rings. The summed E-state index contributed by atoms with van der Waals surface area (Å²) in [6.45, 7) is 0.895. The van der Waals surface area contributed by atoms with Crippen LogP contribution >= 0.6 is 0 Å². The summed E-state index contributed by atoms with van der Waals surface area (Å²) in [5.41, 5.74) is 0. The number of aliphatic carboxylic acids is 1. The number of piperidine rings is 1. The third-order valence-corrected chi connectivity index (χ3v) is 3.22. The molecular formula is C12H20N2O6. The maximum absolute atomic E-state index is 11.8. The Balaban J connectivity index is 2.35. The van der Waals surface area contributed by atoms with Crippen molar-refractivity contribution in [2.24, 2.45) is 5.92 Å². The van der Waals surface area contributed by atoms with Crippen LogP contribution in [0.25, 0.3) is 0 Å². The quantitative estimate of drug-likeness (QED) is 0.583. The number of esters is 1. The lowest BCUT2D eigenvalue weighted by atomic mass is 9.98. The number of methoxy groups -OCH3 is 1. The maximum Gasteiger partial charge on any atom is 0.332 e. The largest absolute Gasteiger partial charge is 0.479 e. The molecule has 1 unspecified atom stereocenters. The molecule has 1 rings (SSSR count). The highest BCUT2D eigenvalue weighted by molar-refractivity contribution is 5.77. The number of nitrogens with zero attached hydrogens (tertiary/aromatic N) is 1. The third kappa shape index (κ3) is 4.69. The molecule has 20 heavy (non-hydrogen) atoms. The average molecular weight is 288 g/mol. The van der Waals surface area contributed by atoms with Crippen molar-refractivity contribution in [2.45, 2.75) is 25.4 Å². The van der Waals surface area contributed by atoms with Crippen molar-refractivity contribution in [1.82, 2.24) is 10.2 Å². The van der Waals surface area contributed by atoms with Crippen molar-refractivity contribution < 1.29 is 29.3 Å². The molecule has 0 aromatic rings. The van der Waals surface area contributed by atoms with E-state index in [-0.39, 0.29) is 30.9 Å². The minimum atomic E-state index is -1.49. The molecule has 0 bridgehead atoms. The maximum atomic E-state index is 11.8. The Morgan fingerprint density at radius 1 is 1.45 bits per heavy atom. The fourth-order valence-corrected chi connectivity index (χ4v) is 2.07. The first-order valence-electron chi connectivity index (χ1n) is 6.47. The minimum Gasteiger partial charge on any atom is -0.479 e. The van der Waals surface area contributed by atoms with Crippen molar-refractivity contribution >= 4 is 18.0 Å². The van der Waals surface area contributed by atoms with Gasteiger partial charge >= 0.3 is 18.0 Å². The summed E-state index contributed by atoms with van der Waals surface area (Å²) in [4.78, 5) is 35.2. The van der Waals surface area contributed by atoms with Crippen LogP contribution < -0.4 is 5.32 Å². The number of hydrogen-bond donors (Lipinski definition) is 3. The molecule has 1 fully saturated rings. The summed E-state index contributed by atoms with van der Waals surface area (Å²) < 4.78 is 4.66. The van der Waals surface area contributed by atoms with Crippen LogP contribution in [0.5, 0.6) is 0 Å². The van der Waals surface area contributed by atoms with Crippen LogP contribution in [-0.2, 0) is 14.3 Å². The Morgan fingerprint density at radius 3 is 2.75 bits per heavy atom. The van der Waals surface area contributed by atoms with Gasteiger partial charge in [-0.25, -0.2) is 9.59 Å². The van der Waals surface area contributed by atoms with Crippen LogP contribution in [-0.4, -0.2) is 65.9 Å². The van der Waals surface area contributed by atoms with E-state index in [1.165, 1.54) is 12.0 Å². The van der Waals surface area contributed by atoms with Gasteiger partial charge in [0.25, 0.3) is 0 Å². The monoisotopic (exact) mass is 288 g/mol. The first kappa shape index (κ1) is 16.2. The smallest absolute Gasteiger partial charge is 0.332 e. The minimum absolute atomic E-state index is 0.0602. The molecule has 0 spiro atoms. The van der Waals surface area contributed by atoms with E-state index in [1.807, 2.05) is 0 Å². The summed E-state index contributed by atoms with van der Waals surface area (Å²) in [5, 5.41) is 20.1. The number of likely N-dealkylation sites (tertiary alicyclic amines) is 1. The molecule has 1 heterocycles. The second-order valence-electron chi connectivity index (χ2n) is 4.68. The standard InChI is InChI=1S/C12H20N2O6/c1-20-11(18)8-3-2-6-14(7-8)12(19)13-5-4-9(15)10(16)17/h8-9,15H,2-7H2,1H3,(H,13,19)(H,16,17)/t8?,9-/m0/s1. The van der Waals surface area contributed by atoms with Crippen molar-refractivity contribution in [1.29, 1.82) is 0 Å². The van der Waals surface area contributed by atoms with Gasteiger partial charge < -0.3 is 25.2 Å². The summed E-state index contributed by atoms with van der Waals surface area (Å²) in [6.07, 6.45) is -0.145. The number of urea groups is 1. The molecule has 2 atom stereocenters. The molecule has 2 amide bonds. The van der Waals surface area contributed by atoms with E-state index in [0.717, 1.165) is 0 Å². The van der Waals surface area contributed by atoms with Gasteiger partial charge in [0.05, 0.1) is 13.0 Å². The molecule has 3 N–H and O–H groups in total. The van der Waals surface area contributed by atoms with Gasteiger partial charge in [0.2, 0.25) is 0 Å². The lowest BCUT2D eigenvalue weighted by molar-refractivity contribution is -0.147. The highest BCUT2D eigenvalue weighted by Crippen LogP contribution is 2.17. The van der Waals surface area contributed by atoms with Crippen LogP contribution in [0, 0.1) is 5.92 Å². The van der Waals surface area contributed by atoms with Crippen molar-refractivity contribution in [3.8, 4) is 0 Å².